The van der Waals surface area contributed by atoms with Gasteiger partial charge in [-0.2, -0.15) is 0 Å². The highest BCUT2D eigenvalue weighted by atomic mass is 16.4. The lowest BCUT2D eigenvalue weighted by molar-refractivity contribution is -0.139. The molecule has 0 aliphatic carbocycles. The van der Waals surface area contributed by atoms with Crippen LogP contribution in [0.1, 0.15) is 35.2 Å². The number of carbonyl (C=O) groups excluding carboxylic acids is 2. The zero-order valence-electron chi connectivity index (χ0n) is 18.2. The predicted octanol–water partition coefficient (Wildman–Crippen LogP) is 2.25. The summed E-state index contributed by atoms with van der Waals surface area (Å²) >= 11 is 0. The van der Waals surface area contributed by atoms with Crippen molar-refractivity contribution < 1.29 is 19.5 Å². The highest BCUT2D eigenvalue weighted by Crippen LogP contribution is 2.17. The van der Waals surface area contributed by atoms with Crippen molar-refractivity contribution in [1.29, 1.82) is 0 Å². The van der Waals surface area contributed by atoms with Gasteiger partial charge in [-0.05, 0) is 55.2 Å². The number of nitrogens with zero attached hydrogens (tertiary/aromatic N) is 2. The van der Waals surface area contributed by atoms with Gasteiger partial charge in [0.05, 0.1) is 5.69 Å². The molecule has 33 heavy (non-hydrogen) atoms. The van der Waals surface area contributed by atoms with Gasteiger partial charge in [0.1, 0.15) is 12.4 Å². The lowest BCUT2D eigenvalue weighted by atomic mass is 10.1. The zero-order chi connectivity index (χ0) is 23.6. The van der Waals surface area contributed by atoms with E-state index >= 15 is 0 Å². The predicted molar refractivity (Wildman–Crippen MR) is 125 cm³/mol. The minimum Gasteiger partial charge on any atom is -0.480 e. The molecule has 1 atom stereocenters. The number of likely N-dealkylation sites (tertiary alicyclic amines) is 1. The molecular formula is C23H28N6O4. The van der Waals surface area contributed by atoms with Crippen LogP contribution < -0.4 is 21.9 Å². The number of piperidine rings is 1. The van der Waals surface area contributed by atoms with E-state index in [1.165, 1.54) is 6.34 Å². The molecule has 3 rings (SSSR count). The van der Waals surface area contributed by atoms with Crippen molar-refractivity contribution in [3.63, 3.8) is 0 Å². The fourth-order valence-corrected chi connectivity index (χ4v) is 3.54. The van der Waals surface area contributed by atoms with Gasteiger partial charge in [-0.1, -0.05) is 18.2 Å². The molecule has 0 radical (unpaired) electrons. The number of benzene rings is 2. The Morgan fingerprint density at radius 3 is 2.48 bits per heavy atom. The van der Waals surface area contributed by atoms with E-state index in [9.17, 15) is 19.5 Å². The number of rotatable bonds is 8. The molecule has 0 aromatic heterocycles. The van der Waals surface area contributed by atoms with Crippen LogP contribution in [-0.4, -0.2) is 53.4 Å². The molecule has 10 nitrogen and oxygen atoms in total. The third-order valence-electron chi connectivity index (χ3n) is 5.29. The largest absolute Gasteiger partial charge is 0.480 e. The fourth-order valence-electron chi connectivity index (χ4n) is 3.54. The van der Waals surface area contributed by atoms with Gasteiger partial charge in [-0.3, -0.25) is 4.79 Å². The number of carbonyl (C=O) groups is 3. The molecule has 1 saturated heterocycles. The number of hydrogen-bond acceptors (Lipinski definition) is 5. The molecule has 1 heterocycles. The molecule has 10 heteroatoms. The quantitative estimate of drug-likeness (QED) is 0.179. The Bertz CT molecular complexity index is 1000. The van der Waals surface area contributed by atoms with Crippen LogP contribution in [0.5, 0.6) is 0 Å². The first-order chi connectivity index (χ1) is 16.0. The average molecular weight is 453 g/mol. The first-order valence-corrected chi connectivity index (χ1v) is 10.7. The van der Waals surface area contributed by atoms with E-state index < -0.39 is 12.0 Å². The van der Waals surface area contributed by atoms with E-state index in [2.05, 4.69) is 21.1 Å². The van der Waals surface area contributed by atoms with Crippen molar-refractivity contribution in [2.24, 2.45) is 10.8 Å². The van der Waals surface area contributed by atoms with Crippen LogP contribution in [0.4, 0.5) is 16.2 Å². The molecular weight excluding hydrogens is 424 g/mol. The Balaban J connectivity index is 1.59. The number of aliphatic carboxylic acids is 1. The molecule has 1 aliphatic heterocycles. The second kappa shape index (κ2) is 11.6. The third kappa shape index (κ3) is 7.04. The number of nitrogens with two attached hydrogens (primary N) is 1. The van der Waals surface area contributed by atoms with E-state index in [1.54, 1.807) is 53.4 Å². The van der Waals surface area contributed by atoms with Crippen LogP contribution in [0.25, 0.3) is 0 Å². The van der Waals surface area contributed by atoms with Crippen molar-refractivity contribution in [2.45, 2.75) is 31.7 Å². The lowest BCUT2D eigenvalue weighted by Crippen LogP contribution is -2.50. The summed E-state index contributed by atoms with van der Waals surface area (Å²) < 4.78 is 0. The van der Waals surface area contributed by atoms with E-state index in [1.807, 2.05) is 0 Å². The minimum absolute atomic E-state index is 0.137. The van der Waals surface area contributed by atoms with E-state index in [-0.39, 0.29) is 18.4 Å². The number of urea groups is 1. The molecule has 174 valence electrons. The second-order valence-electron chi connectivity index (χ2n) is 7.72. The maximum Gasteiger partial charge on any atom is 0.326 e. The van der Waals surface area contributed by atoms with E-state index in [4.69, 9.17) is 5.84 Å². The van der Waals surface area contributed by atoms with Gasteiger partial charge in [0.25, 0.3) is 5.91 Å². The Morgan fingerprint density at radius 2 is 1.82 bits per heavy atom. The molecule has 0 saturated carbocycles. The normalized spacial score (nSPS) is 14.5. The number of amides is 3. The lowest BCUT2D eigenvalue weighted by Gasteiger charge is -2.28. The number of carboxylic acid groups (broad SMARTS) is 1. The summed E-state index contributed by atoms with van der Waals surface area (Å²) in [6.07, 6.45) is 4.40. The fraction of sp³-hybridized carbons (Fsp3) is 0.304. The van der Waals surface area contributed by atoms with Crippen LogP contribution in [-0.2, 0) is 11.2 Å². The number of hydrogen-bond donors (Lipinski definition) is 5. The molecule has 0 unspecified atom stereocenters. The summed E-state index contributed by atoms with van der Waals surface area (Å²) in [5, 5.41) is 15.0. The highest BCUT2D eigenvalue weighted by Gasteiger charge is 2.24. The highest BCUT2D eigenvalue weighted by molar-refractivity contribution is 6.04. The Hall–Kier alpha value is -3.92. The van der Waals surface area contributed by atoms with Gasteiger partial charge < -0.3 is 26.1 Å². The standard InChI is InChI=1S/C23H28N6O4/c24-26-15-25-19-6-4-5-17(14-19)21(30)27-18-9-7-16(8-10-18)13-20(22(31)32)28-23(33)29-11-2-1-3-12-29/h4-10,14-15,20H,1-3,11-13,24H2,(H,25,26)(H,27,30)(H,28,33)(H,31,32)/t20-/m0/s1. The van der Waals surface area contributed by atoms with Crippen LogP contribution in [0.3, 0.4) is 0 Å². The van der Waals surface area contributed by atoms with Crippen molar-refractivity contribution in [3.05, 3.63) is 59.7 Å². The van der Waals surface area contributed by atoms with Gasteiger partial charge in [0.15, 0.2) is 0 Å². The topological polar surface area (TPSA) is 149 Å². The summed E-state index contributed by atoms with van der Waals surface area (Å²) in [5.74, 6) is 3.76. The number of anilines is 1. The van der Waals surface area contributed by atoms with Gasteiger partial charge >= 0.3 is 12.0 Å². The van der Waals surface area contributed by atoms with Crippen LogP contribution >= 0.6 is 0 Å². The van der Waals surface area contributed by atoms with Gasteiger partial charge in [0.2, 0.25) is 0 Å². The molecule has 3 amide bonds. The number of hydrazine groups is 1. The van der Waals surface area contributed by atoms with Crippen LogP contribution in [0, 0.1) is 0 Å². The number of nitrogens with one attached hydrogen (secondary N) is 3. The molecule has 1 fully saturated rings. The van der Waals surface area contributed by atoms with Crippen molar-refractivity contribution in [3.8, 4) is 0 Å². The average Bonchev–Trinajstić information content (AvgIpc) is 2.84. The molecule has 0 spiro atoms. The molecule has 1 aliphatic rings. The molecule has 2 aromatic rings. The summed E-state index contributed by atoms with van der Waals surface area (Å²) in [6, 6.07) is 12.2. The summed E-state index contributed by atoms with van der Waals surface area (Å²) in [7, 11) is 0. The van der Waals surface area contributed by atoms with Crippen LogP contribution in [0.15, 0.2) is 53.5 Å². The first-order valence-electron chi connectivity index (χ1n) is 10.7. The van der Waals surface area contributed by atoms with Gasteiger partial charge in [-0.15, -0.1) is 0 Å². The third-order valence-corrected chi connectivity index (χ3v) is 5.29. The zero-order valence-corrected chi connectivity index (χ0v) is 18.2. The molecule has 0 bridgehead atoms. The number of carboxylic acids is 1. The SMILES string of the molecule is NNC=Nc1cccc(C(=O)Nc2ccc(C[C@H](NC(=O)N3CCCCC3)C(=O)O)cc2)c1. The van der Waals surface area contributed by atoms with Crippen molar-refractivity contribution >= 4 is 35.6 Å². The Morgan fingerprint density at radius 1 is 1.09 bits per heavy atom. The van der Waals surface area contributed by atoms with Crippen molar-refractivity contribution in [1.82, 2.24) is 15.6 Å². The summed E-state index contributed by atoms with van der Waals surface area (Å²) in [5.41, 5.74) is 4.59. The Kier molecular flexibility index (Phi) is 8.36. The van der Waals surface area contributed by atoms with E-state index in [0.29, 0.717) is 30.0 Å². The minimum atomic E-state index is -1.09. The van der Waals surface area contributed by atoms with Gasteiger partial charge in [-0.25, -0.2) is 20.4 Å². The second-order valence-corrected chi connectivity index (χ2v) is 7.72. The first kappa shape index (κ1) is 23.7. The molecule has 2 aromatic carbocycles. The van der Waals surface area contributed by atoms with Gasteiger partial charge in [0, 0.05) is 30.8 Å². The summed E-state index contributed by atoms with van der Waals surface area (Å²) in [6.45, 7) is 1.29. The van der Waals surface area contributed by atoms with Crippen LogP contribution in [0.2, 0.25) is 0 Å². The maximum absolute atomic E-state index is 12.5. The number of aliphatic imine (C=N–C) groups is 1. The Labute approximate surface area is 191 Å². The van der Waals surface area contributed by atoms with Crippen molar-refractivity contribution in [2.75, 3.05) is 18.4 Å². The molecule has 6 N–H and O–H groups in total. The summed E-state index contributed by atoms with van der Waals surface area (Å²) in [4.78, 5) is 42.3. The maximum atomic E-state index is 12.5. The van der Waals surface area contributed by atoms with E-state index in [0.717, 1.165) is 24.8 Å². The smallest absolute Gasteiger partial charge is 0.326 e. The monoisotopic (exact) mass is 452 g/mol.